The minimum Gasteiger partial charge on any atom is -0.497 e. The molecule has 0 radical (unpaired) electrons. The van der Waals surface area contributed by atoms with Gasteiger partial charge in [-0.2, -0.15) is 14.9 Å². The number of ether oxygens (including phenoxy) is 2. The number of methoxy groups -OCH3 is 1. The van der Waals surface area contributed by atoms with Crippen molar-refractivity contribution in [2.45, 2.75) is 19.3 Å². The summed E-state index contributed by atoms with van der Waals surface area (Å²) in [6.07, 6.45) is 7.17. The normalized spacial score (nSPS) is 14.5. The molecule has 0 unspecified atom stereocenters. The maximum absolute atomic E-state index is 12.7. The van der Waals surface area contributed by atoms with Crippen LogP contribution in [0, 0.1) is 19.3 Å². The van der Waals surface area contributed by atoms with Crippen LogP contribution in [0.2, 0.25) is 0 Å². The second kappa shape index (κ2) is 9.27. The van der Waals surface area contributed by atoms with E-state index >= 15 is 0 Å². The summed E-state index contributed by atoms with van der Waals surface area (Å²) in [6.45, 7) is 2.07. The van der Waals surface area contributed by atoms with Crippen LogP contribution in [-0.4, -0.2) is 44.6 Å². The van der Waals surface area contributed by atoms with Gasteiger partial charge in [0.15, 0.2) is 0 Å². The van der Waals surface area contributed by atoms with Crippen LogP contribution >= 0.6 is 0 Å². The highest BCUT2D eigenvalue weighted by Gasteiger charge is 2.33. The lowest BCUT2D eigenvalue weighted by Gasteiger charge is -2.24. The first-order valence-corrected chi connectivity index (χ1v) is 11.0. The number of amides is 1. The van der Waals surface area contributed by atoms with Crippen molar-refractivity contribution in [3.05, 3.63) is 71.5 Å². The molecule has 35 heavy (non-hydrogen) atoms. The lowest BCUT2D eigenvalue weighted by Crippen LogP contribution is -2.25. The lowest BCUT2D eigenvalue weighted by molar-refractivity contribution is -0.116. The van der Waals surface area contributed by atoms with Crippen molar-refractivity contribution in [3.63, 3.8) is 0 Å². The molecule has 2 aromatic heterocycles. The summed E-state index contributed by atoms with van der Waals surface area (Å²) < 4.78 is 12.4. The summed E-state index contributed by atoms with van der Waals surface area (Å²) >= 11 is 0. The van der Waals surface area contributed by atoms with Crippen molar-refractivity contribution in [2.24, 2.45) is 0 Å². The first-order valence-electron chi connectivity index (χ1n) is 11.0. The Hall–Kier alpha value is -4.71. The van der Waals surface area contributed by atoms with E-state index in [4.69, 9.17) is 15.9 Å². The van der Waals surface area contributed by atoms with Gasteiger partial charge in [0.1, 0.15) is 23.9 Å². The summed E-state index contributed by atoms with van der Waals surface area (Å²) in [6, 6.07) is 15.1. The molecule has 1 aliphatic rings. The Labute approximate surface area is 202 Å². The number of aryl methyl sites for hydroxylation is 1. The monoisotopic (exact) mass is 466 g/mol. The number of rotatable bonds is 6. The first kappa shape index (κ1) is 22.1. The van der Waals surface area contributed by atoms with E-state index in [0.29, 0.717) is 23.0 Å². The van der Waals surface area contributed by atoms with Crippen molar-refractivity contribution in [2.75, 3.05) is 19.0 Å². The number of nitrogens with zero attached hydrogens (tertiary/aromatic N) is 5. The summed E-state index contributed by atoms with van der Waals surface area (Å²) in [5.74, 6) is 4.26. The van der Waals surface area contributed by atoms with Gasteiger partial charge >= 0.3 is 0 Å². The Kier molecular flexibility index (Phi) is 5.85. The second-order valence-electron chi connectivity index (χ2n) is 8.00. The maximum Gasteiger partial charge on any atom is 0.272 e. The molecular weight excluding hydrogens is 444 g/mol. The molecule has 4 aromatic rings. The van der Waals surface area contributed by atoms with E-state index in [0.717, 1.165) is 22.4 Å². The molecule has 2 aromatic carbocycles. The number of carbonyl (C=O) groups is 1. The average Bonchev–Trinajstić information content (AvgIpc) is 3.23. The fourth-order valence-electron chi connectivity index (χ4n) is 4.23. The molecule has 0 saturated heterocycles. The van der Waals surface area contributed by atoms with Gasteiger partial charge in [0.25, 0.3) is 5.95 Å². The number of hydrogen-bond donors (Lipinski definition) is 1. The molecule has 9 nitrogen and oxygen atoms in total. The van der Waals surface area contributed by atoms with Gasteiger partial charge < -0.3 is 14.8 Å². The van der Waals surface area contributed by atoms with Crippen molar-refractivity contribution >= 4 is 11.7 Å². The van der Waals surface area contributed by atoms with Gasteiger partial charge in [-0.05, 0) is 36.8 Å². The highest BCUT2D eigenvalue weighted by Crippen LogP contribution is 2.40. The van der Waals surface area contributed by atoms with E-state index in [2.05, 4.69) is 31.5 Å². The molecule has 0 saturated carbocycles. The molecule has 0 fully saturated rings. The smallest absolute Gasteiger partial charge is 0.272 e. The fourth-order valence-corrected chi connectivity index (χ4v) is 4.23. The van der Waals surface area contributed by atoms with Crippen molar-refractivity contribution in [1.29, 1.82) is 0 Å². The molecular formula is C26H22N6O3. The minimum absolute atomic E-state index is 0.129. The predicted octanol–water partition coefficient (Wildman–Crippen LogP) is 3.53. The molecule has 5 rings (SSSR count). The Bertz CT molecular complexity index is 1460. The van der Waals surface area contributed by atoms with E-state index in [1.807, 2.05) is 55.5 Å². The number of terminal acetylenes is 1. The van der Waals surface area contributed by atoms with Crippen LogP contribution in [0.4, 0.5) is 5.82 Å². The zero-order valence-corrected chi connectivity index (χ0v) is 19.2. The highest BCUT2D eigenvalue weighted by atomic mass is 16.5. The predicted molar refractivity (Wildman–Crippen MR) is 130 cm³/mol. The molecule has 0 bridgehead atoms. The van der Waals surface area contributed by atoms with Crippen LogP contribution in [-0.2, 0) is 4.79 Å². The standard InChI is InChI=1S/C26H22N6O3/c1-4-11-35-20-10-5-7-17(12-20)21-14-23(33)29-25-24(21)16(2)31-32(25)26-28-22(15-27-30-26)18-8-6-9-19(13-18)34-3/h1,5-10,12-13,15,21H,11,14H2,2-3H3,(H,29,33)/t21-/m1/s1. The van der Waals surface area contributed by atoms with E-state index < -0.39 is 0 Å². The highest BCUT2D eigenvalue weighted by molar-refractivity contribution is 5.95. The van der Waals surface area contributed by atoms with Crippen LogP contribution in [0.3, 0.4) is 0 Å². The summed E-state index contributed by atoms with van der Waals surface area (Å²) in [5.41, 5.74) is 4.02. The van der Waals surface area contributed by atoms with Crippen molar-refractivity contribution < 1.29 is 14.3 Å². The number of carbonyl (C=O) groups excluding carboxylic acids is 1. The van der Waals surface area contributed by atoms with Gasteiger partial charge in [0.05, 0.1) is 24.7 Å². The van der Waals surface area contributed by atoms with Gasteiger partial charge in [-0.25, -0.2) is 4.98 Å². The Morgan fingerprint density at radius 2 is 2.03 bits per heavy atom. The van der Waals surface area contributed by atoms with Crippen LogP contribution in [0.25, 0.3) is 17.2 Å². The number of hydrogen-bond acceptors (Lipinski definition) is 7. The fraction of sp³-hybridized carbons (Fsp3) is 0.192. The molecule has 1 aliphatic heterocycles. The minimum atomic E-state index is -0.212. The number of anilines is 1. The van der Waals surface area contributed by atoms with E-state index in [9.17, 15) is 4.79 Å². The number of fused-ring (bicyclic) bond motifs is 1. The second-order valence-corrected chi connectivity index (χ2v) is 8.00. The largest absolute Gasteiger partial charge is 0.497 e. The van der Waals surface area contributed by atoms with Gasteiger partial charge in [0.2, 0.25) is 5.91 Å². The maximum atomic E-state index is 12.7. The van der Waals surface area contributed by atoms with Gasteiger partial charge in [-0.3, -0.25) is 4.79 Å². The zero-order chi connectivity index (χ0) is 24.4. The van der Waals surface area contributed by atoms with Gasteiger partial charge in [-0.1, -0.05) is 30.2 Å². The lowest BCUT2D eigenvalue weighted by atomic mass is 9.86. The van der Waals surface area contributed by atoms with Crippen LogP contribution < -0.4 is 14.8 Å². The van der Waals surface area contributed by atoms with E-state index in [1.165, 1.54) is 4.68 Å². The third-order valence-electron chi connectivity index (χ3n) is 5.79. The van der Waals surface area contributed by atoms with Crippen molar-refractivity contribution in [3.8, 4) is 41.0 Å². The summed E-state index contributed by atoms with van der Waals surface area (Å²) in [4.78, 5) is 17.4. The van der Waals surface area contributed by atoms with E-state index in [1.54, 1.807) is 13.3 Å². The van der Waals surface area contributed by atoms with Crippen molar-refractivity contribution in [1.82, 2.24) is 25.0 Å². The average molecular weight is 467 g/mol. The zero-order valence-electron chi connectivity index (χ0n) is 19.2. The number of nitrogens with one attached hydrogen (secondary N) is 1. The topological polar surface area (TPSA) is 104 Å². The van der Waals surface area contributed by atoms with Gasteiger partial charge in [0, 0.05) is 23.5 Å². The molecule has 1 atom stereocenters. The molecule has 3 heterocycles. The van der Waals surface area contributed by atoms with E-state index in [-0.39, 0.29) is 30.8 Å². The molecule has 174 valence electrons. The van der Waals surface area contributed by atoms with Crippen LogP contribution in [0.1, 0.15) is 29.2 Å². The summed E-state index contributed by atoms with van der Waals surface area (Å²) in [5, 5.41) is 15.9. The molecule has 0 spiro atoms. The summed E-state index contributed by atoms with van der Waals surface area (Å²) in [7, 11) is 1.61. The third kappa shape index (κ3) is 4.29. The molecule has 0 aliphatic carbocycles. The first-order chi connectivity index (χ1) is 17.1. The molecule has 1 amide bonds. The number of benzene rings is 2. The molecule has 9 heteroatoms. The van der Waals surface area contributed by atoms with Crippen LogP contribution in [0.5, 0.6) is 11.5 Å². The van der Waals surface area contributed by atoms with Crippen LogP contribution in [0.15, 0.2) is 54.7 Å². The Balaban J connectivity index is 1.56. The molecule has 1 N–H and O–H groups in total. The van der Waals surface area contributed by atoms with Gasteiger partial charge in [-0.15, -0.1) is 11.5 Å². The third-order valence-corrected chi connectivity index (χ3v) is 5.79. The quantitative estimate of drug-likeness (QED) is 0.434. The number of aromatic nitrogens is 5. The Morgan fingerprint density at radius 3 is 2.86 bits per heavy atom. The SMILES string of the molecule is C#CCOc1cccc([C@H]2CC(=O)Nc3c2c(C)nn3-c2nncc(-c3cccc(OC)c3)n2)c1. The Morgan fingerprint density at radius 1 is 1.20 bits per heavy atom.